The first kappa shape index (κ1) is 15.2. The monoisotopic (exact) mass is 328 g/mol. The zero-order chi connectivity index (χ0) is 17.4. The quantitative estimate of drug-likeness (QED) is 0.680. The van der Waals surface area contributed by atoms with E-state index in [-0.39, 0.29) is 0 Å². The SMILES string of the molecule is C#Cc1ccc(C2=NCc3nnc(C)n3-c3ccc(OC)cc32)cc1. The molecule has 0 aliphatic carbocycles. The summed E-state index contributed by atoms with van der Waals surface area (Å²) in [4.78, 5) is 4.81. The van der Waals surface area contributed by atoms with Crippen molar-refractivity contribution >= 4 is 5.71 Å². The molecule has 0 bridgehead atoms. The van der Waals surface area contributed by atoms with Gasteiger partial charge in [-0.3, -0.25) is 9.56 Å². The van der Waals surface area contributed by atoms with E-state index >= 15 is 0 Å². The zero-order valence-electron chi connectivity index (χ0n) is 14.0. The number of methoxy groups -OCH3 is 1. The summed E-state index contributed by atoms with van der Waals surface area (Å²) in [5.41, 5.74) is 4.72. The zero-order valence-corrected chi connectivity index (χ0v) is 14.0. The molecule has 1 aliphatic heterocycles. The second-order valence-electron chi connectivity index (χ2n) is 5.77. The highest BCUT2D eigenvalue weighted by Gasteiger charge is 2.22. The lowest BCUT2D eigenvalue weighted by Crippen LogP contribution is -2.08. The first-order valence-corrected chi connectivity index (χ1v) is 7.92. The maximum Gasteiger partial charge on any atom is 0.159 e. The number of aliphatic imine (C=N–C) groups is 1. The van der Waals surface area contributed by atoms with Gasteiger partial charge < -0.3 is 4.74 Å². The summed E-state index contributed by atoms with van der Waals surface area (Å²) in [6, 6.07) is 13.8. The van der Waals surface area contributed by atoms with Crippen molar-refractivity contribution in [2.24, 2.45) is 4.99 Å². The van der Waals surface area contributed by atoms with E-state index in [4.69, 9.17) is 16.2 Å². The second-order valence-corrected chi connectivity index (χ2v) is 5.77. The standard InChI is InChI=1S/C20H16N4O/c1-4-14-5-7-15(8-6-14)20-17-11-16(25-3)9-10-18(17)24-13(2)22-23-19(24)12-21-20/h1,5-11H,12H2,2-3H3. The number of hydrogen-bond donors (Lipinski definition) is 0. The number of ether oxygens (including phenoxy) is 1. The Hall–Kier alpha value is -3.39. The van der Waals surface area contributed by atoms with Gasteiger partial charge in [0.1, 0.15) is 18.1 Å². The van der Waals surface area contributed by atoms with E-state index < -0.39 is 0 Å². The number of aryl methyl sites for hydroxylation is 1. The summed E-state index contributed by atoms with van der Waals surface area (Å²) >= 11 is 0. The maximum atomic E-state index is 5.46. The molecule has 0 saturated heterocycles. The van der Waals surface area contributed by atoms with Crippen LogP contribution in [0.1, 0.15) is 28.3 Å². The Bertz CT molecular complexity index is 1020. The molecular formula is C20H16N4O. The maximum absolute atomic E-state index is 5.46. The Morgan fingerprint density at radius 1 is 1.12 bits per heavy atom. The fourth-order valence-electron chi connectivity index (χ4n) is 3.05. The van der Waals surface area contributed by atoms with E-state index in [2.05, 4.69) is 16.1 Å². The normalized spacial score (nSPS) is 12.4. The van der Waals surface area contributed by atoms with Gasteiger partial charge in [-0.25, -0.2) is 0 Å². The van der Waals surface area contributed by atoms with Crippen molar-refractivity contribution in [2.75, 3.05) is 7.11 Å². The van der Waals surface area contributed by atoms with Crippen molar-refractivity contribution in [3.05, 3.63) is 70.8 Å². The van der Waals surface area contributed by atoms with E-state index in [0.717, 1.165) is 45.5 Å². The molecule has 0 unspecified atom stereocenters. The number of fused-ring (bicyclic) bond motifs is 3. The number of terminal acetylenes is 1. The lowest BCUT2D eigenvalue weighted by molar-refractivity contribution is 0.414. The van der Waals surface area contributed by atoms with Crippen molar-refractivity contribution in [3.8, 4) is 23.8 Å². The smallest absolute Gasteiger partial charge is 0.159 e. The van der Waals surface area contributed by atoms with Crippen LogP contribution in [-0.4, -0.2) is 27.6 Å². The summed E-state index contributed by atoms with van der Waals surface area (Å²) in [5, 5.41) is 8.45. The average molecular weight is 328 g/mol. The molecule has 1 aromatic heterocycles. The van der Waals surface area contributed by atoms with Crippen molar-refractivity contribution in [2.45, 2.75) is 13.5 Å². The molecule has 1 aliphatic rings. The van der Waals surface area contributed by atoms with Gasteiger partial charge in [-0.2, -0.15) is 0 Å². The van der Waals surface area contributed by atoms with Crippen molar-refractivity contribution in [1.29, 1.82) is 0 Å². The highest BCUT2D eigenvalue weighted by Crippen LogP contribution is 2.28. The molecule has 0 amide bonds. The molecule has 0 atom stereocenters. The molecule has 2 aromatic carbocycles. The predicted molar refractivity (Wildman–Crippen MR) is 96.4 cm³/mol. The minimum absolute atomic E-state index is 0.462. The Morgan fingerprint density at radius 3 is 2.64 bits per heavy atom. The number of hydrogen-bond acceptors (Lipinski definition) is 4. The van der Waals surface area contributed by atoms with Crippen LogP contribution >= 0.6 is 0 Å². The molecule has 3 aromatic rings. The summed E-state index contributed by atoms with van der Waals surface area (Å²) < 4.78 is 7.46. The Morgan fingerprint density at radius 2 is 1.92 bits per heavy atom. The Labute approximate surface area is 146 Å². The third-order valence-electron chi connectivity index (χ3n) is 4.30. The predicted octanol–water partition coefficient (Wildman–Crippen LogP) is 2.92. The molecule has 2 heterocycles. The van der Waals surface area contributed by atoms with Crippen LogP contribution in [0, 0.1) is 19.3 Å². The largest absolute Gasteiger partial charge is 0.497 e. The first-order chi connectivity index (χ1) is 12.2. The van der Waals surface area contributed by atoms with Crippen molar-refractivity contribution < 1.29 is 4.74 Å². The van der Waals surface area contributed by atoms with Gasteiger partial charge in [0.25, 0.3) is 0 Å². The summed E-state index contributed by atoms with van der Waals surface area (Å²) in [7, 11) is 1.66. The molecular weight excluding hydrogens is 312 g/mol. The third-order valence-corrected chi connectivity index (χ3v) is 4.30. The summed E-state index contributed by atoms with van der Waals surface area (Å²) in [5.74, 6) is 5.07. The van der Waals surface area contributed by atoms with Gasteiger partial charge in [0, 0.05) is 16.7 Å². The fraction of sp³-hybridized carbons (Fsp3) is 0.150. The van der Waals surface area contributed by atoms with Crippen LogP contribution in [0.25, 0.3) is 5.69 Å². The van der Waals surface area contributed by atoms with E-state index in [1.165, 1.54) is 0 Å². The van der Waals surface area contributed by atoms with Crippen LogP contribution < -0.4 is 4.74 Å². The van der Waals surface area contributed by atoms with Gasteiger partial charge in [0.15, 0.2) is 5.82 Å². The van der Waals surface area contributed by atoms with E-state index in [1.54, 1.807) is 7.11 Å². The number of rotatable bonds is 2. The van der Waals surface area contributed by atoms with E-state index in [0.29, 0.717) is 6.54 Å². The molecule has 5 nitrogen and oxygen atoms in total. The Balaban J connectivity index is 1.95. The van der Waals surface area contributed by atoms with Gasteiger partial charge in [0.2, 0.25) is 0 Å². The second kappa shape index (κ2) is 5.91. The molecule has 4 rings (SSSR count). The summed E-state index contributed by atoms with van der Waals surface area (Å²) in [6.07, 6.45) is 5.46. The molecule has 122 valence electrons. The van der Waals surface area contributed by atoms with Gasteiger partial charge in [-0.05, 0) is 37.3 Å². The lowest BCUT2D eigenvalue weighted by atomic mass is 9.99. The fourth-order valence-corrected chi connectivity index (χ4v) is 3.05. The molecule has 25 heavy (non-hydrogen) atoms. The first-order valence-electron chi connectivity index (χ1n) is 7.92. The number of aromatic nitrogens is 3. The highest BCUT2D eigenvalue weighted by atomic mass is 16.5. The Kier molecular flexibility index (Phi) is 3.58. The molecule has 0 spiro atoms. The molecule has 0 saturated carbocycles. The molecule has 0 radical (unpaired) electrons. The minimum Gasteiger partial charge on any atom is -0.497 e. The average Bonchev–Trinajstić information content (AvgIpc) is 2.94. The van der Waals surface area contributed by atoms with Gasteiger partial charge in [-0.15, -0.1) is 16.6 Å². The van der Waals surface area contributed by atoms with Gasteiger partial charge >= 0.3 is 0 Å². The number of benzene rings is 2. The number of nitrogens with zero attached hydrogens (tertiary/aromatic N) is 4. The summed E-state index contributed by atoms with van der Waals surface area (Å²) in [6.45, 7) is 2.40. The van der Waals surface area contributed by atoms with Crippen molar-refractivity contribution in [3.63, 3.8) is 0 Å². The van der Waals surface area contributed by atoms with Crippen LogP contribution in [0.2, 0.25) is 0 Å². The third kappa shape index (κ3) is 2.48. The molecule has 0 fully saturated rings. The van der Waals surface area contributed by atoms with Crippen LogP contribution in [0.3, 0.4) is 0 Å². The van der Waals surface area contributed by atoms with Crippen LogP contribution in [-0.2, 0) is 6.54 Å². The van der Waals surface area contributed by atoms with E-state index in [1.807, 2.05) is 54.0 Å². The van der Waals surface area contributed by atoms with Gasteiger partial charge in [-0.1, -0.05) is 18.1 Å². The van der Waals surface area contributed by atoms with Crippen molar-refractivity contribution in [1.82, 2.24) is 14.8 Å². The van der Waals surface area contributed by atoms with Gasteiger partial charge in [0.05, 0.1) is 18.5 Å². The van der Waals surface area contributed by atoms with E-state index in [9.17, 15) is 0 Å². The molecule has 5 heteroatoms. The van der Waals surface area contributed by atoms with Crippen LogP contribution in [0.5, 0.6) is 5.75 Å². The topological polar surface area (TPSA) is 52.3 Å². The highest BCUT2D eigenvalue weighted by molar-refractivity contribution is 6.15. The minimum atomic E-state index is 0.462. The lowest BCUT2D eigenvalue weighted by Gasteiger charge is -2.14. The van der Waals surface area contributed by atoms with Crippen LogP contribution in [0.4, 0.5) is 0 Å². The molecule has 0 N–H and O–H groups in total. The van der Waals surface area contributed by atoms with Crippen LogP contribution in [0.15, 0.2) is 47.5 Å².